The Bertz CT molecular complexity index is 131. The zero-order valence-electron chi connectivity index (χ0n) is 9.05. The monoisotopic (exact) mass is 186 g/mol. The molecule has 0 aromatic heterocycles. The van der Waals surface area contributed by atoms with Gasteiger partial charge in [-0.15, -0.1) is 0 Å². The van der Waals surface area contributed by atoms with Gasteiger partial charge in [0, 0.05) is 13.1 Å². The fourth-order valence-corrected chi connectivity index (χ4v) is 1.84. The third-order valence-electron chi connectivity index (χ3n) is 2.84. The summed E-state index contributed by atoms with van der Waals surface area (Å²) < 4.78 is 0. The van der Waals surface area contributed by atoms with Crippen LogP contribution in [0.2, 0.25) is 0 Å². The SMILES string of the molecule is CNOCC1CCN(C(C)C)CC1. The third kappa shape index (κ3) is 3.63. The van der Waals surface area contributed by atoms with Crippen LogP contribution in [-0.2, 0) is 4.84 Å². The molecule has 1 rings (SSSR count). The number of rotatable bonds is 4. The average Bonchev–Trinajstić information content (AvgIpc) is 2.15. The fraction of sp³-hybridized carbons (Fsp3) is 1.00. The molecule has 13 heavy (non-hydrogen) atoms. The number of hydrogen-bond donors (Lipinski definition) is 1. The summed E-state index contributed by atoms with van der Waals surface area (Å²) in [5.41, 5.74) is 2.74. The summed E-state index contributed by atoms with van der Waals surface area (Å²) in [4.78, 5) is 7.74. The minimum atomic E-state index is 0.700. The summed E-state index contributed by atoms with van der Waals surface area (Å²) in [7, 11) is 1.82. The molecule has 1 fully saturated rings. The molecular formula is C10H22N2O. The Kier molecular flexibility index (Phi) is 4.70. The van der Waals surface area contributed by atoms with Gasteiger partial charge in [-0.2, -0.15) is 0 Å². The molecule has 1 aliphatic rings. The van der Waals surface area contributed by atoms with Crippen molar-refractivity contribution in [3.8, 4) is 0 Å². The Morgan fingerprint density at radius 1 is 1.38 bits per heavy atom. The molecule has 78 valence electrons. The number of nitrogens with one attached hydrogen (secondary N) is 1. The highest BCUT2D eigenvalue weighted by atomic mass is 16.6. The molecule has 1 saturated heterocycles. The lowest BCUT2D eigenvalue weighted by Gasteiger charge is -2.34. The summed E-state index contributed by atoms with van der Waals surface area (Å²) in [6, 6.07) is 0.700. The van der Waals surface area contributed by atoms with Gasteiger partial charge in [0.05, 0.1) is 6.61 Å². The molecular weight excluding hydrogens is 164 g/mol. The van der Waals surface area contributed by atoms with Crippen molar-refractivity contribution >= 4 is 0 Å². The van der Waals surface area contributed by atoms with Crippen LogP contribution in [-0.4, -0.2) is 37.7 Å². The largest absolute Gasteiger partial charge is 0.302 e. The Balaban J connectivity index is 2.15. The molecule has 0 bridgehead atoms. The lowest BCUT2D eigenvalue weighted by Crippen LogP contribution is -2.39. The highest BCUT2D eigenvalue weighted by molar-refractivity contribution is 4.73. The molecule has 0 aromatic carbocycles. The van der Waals surface area contributed by atoms with E-state index in [9.17, 15) is 0 Å². The van der Waals surface area contributed by atoms with Crippen molar-refractivity contribution in [3.63, 3.8) is 0 Å². The van der Waals surface area contributed by atoms with Gasteiger partial charge in [0.25, 0.3) is 0 Å². The Hall–Kier alpha value is -0.120. The summed E-state index contributed by atoms with van der Waals surface area (Å²) in [6.07, 6.45) is 2.56. The van der Waals surface area contributed by atoms with Gasteiger partial charge in [-0.1, -0.05) is 0 Å². The summed E-state index contributed by atoms with van der Waals surface area (Å²) in [6.45, 7) is 7.86. The first-order valence-electron chi connectivity index (χ1n) is 5.26. The van der Waals surface area contributed by atoms with E-state index in [0.717, 1.165) is 12.5 Å². The van der Waals surface area contributed by atoms with Gasteiger partial charge in [0.15, 0.2) is 0 Å². The van der Waals surface area contributed by atoms with Gasteiger partial charge in [-0.25, -0.2) is 5.48 Å². The number of hydrogen-bond acceptors (Lipinski definition) is 3. The minimum Gasteiger partial charge on any atom is -0.302 e. The molecule has 0 spiro atoms. The molecule has 0 aliphatic carbocycles. The first kappa shape index (κ1) is 11.0. The quantitative estimate of drug-likeness (QED) is 0.669. The molecule has 1 heterocycles. The van der Waals surface area contributed by atoms with Crippen LogP contribution >= 0.6 is 0 Å². The third-order valence-corrected chi connectivity index (χ3v) is 2.84. The first-order chi connectivity index (χ1) is 6.24. The lowest BCUT2D eigenvalue weighted by molar-refractivity contribution is 0.0108. The van der Waals surface area contributed by atoms with Crippen LogP contribution in [0.15, 0.2) is 0 Å². The molecule has 0 amide bonds. The molecule has 0 saturated carbocycles. The molecule has 0 atom stereocenters. The zero-order valence-corrected chi connectivity index (χ0v) is 9.05. The maximum Gasteiger partial charge on any atom is 0.0711 e. The van der Waals surface area contributed by atoms with Gasteiger partial charge in [0.2, 0.25) is 0 Å². The number of likely N-dealkylation sites (tertiary alicyclic amines) is 1. The highest BCUT2D eigenvalue weighted by Crippen LogP contribution is 2.18. The summed E-state index contributed by atoms with van der Waals surface area (Å²) in [5, 5.41) is 0. The predicted molar refractivity (Wildman–Crippen MR) is 54.4 cm³/mol. The normalized spacial score (nSPS) is 21.2. The van der Waals surface area contributed by atoms with Gasteiger partial charge in [-0.05, 0) is 45.7 Å². The van der Waals surface area contributed by atoms with Gasteiger partial charge < -0.3 is 9.74 Å². The van der Waals surface area contributed by atoms with E-state index in [2.05, 4.69) is 24.2 Å². The zero-order chi connectivity index (χ0) is 9.68. The van der Waals surface area contributed by atoms with E-state index in [0.29, 0.717) is 6.04 Å². The lowest BCUT2D eigenvalue weighted by atomic mass is 9.97. The van der Waals surface area contributed by atoms with Crippen LogP contribution in [0.3, 0.4) is 0 Å². The predicted octanol–water partition coefficient (Wildman–Crippen LogP) is 1.26. The van der Waals surface area contributed by atoms with Crippen molar-refractivity contribution in [1.82, 2.24) is 10.4 Å². The summed E-state index contributed by atoms with van der Waals surface area (Å²) in [5.74, 6) is 0.752. The van der Waals surface area contributed by atoms with E-state index >= 15 is 0 Å². The summed E-state index contributed by atoms with van der Waals surface area (Å²) >= 11 is 0. The highest BCUT2D eigenvalue weighted by Gasteiger charge is 2.20. The van der Waals surface area contributed by atoms with E-state index in [1.165, 1.54) is 25.9 Å². The Morgan fingerprint density at radius 2 is 2.00 bits per heavy atom. The maximum absolute atomic E-state index is 5.20. The van der Waals surface area contributed by atoms with Gasteiger partial charge in [0.1, 0.15) is 0 Å². The fourth-order valence-electron chi connectivity index (χ4n) is 1.84. The molecule has 0 aromatic rings. The number of hydroxylamine groups is 1. The minimum absolute atomic E-state index is 0.700. The van der Waals surface area contributed by atoms with Crippen molar-refractivity contribution in [2.24, 2.45) is 5.92 Å². The van der Waals surface area contributed by atoms with Crippen LogP contribution in [0.1, 0.15) is 26.7 Å². The van der Waals surface area contributed by atoms with E-state index in [-0.39, 0.29) is 0 Å². The Morgan fingerprint density at radius 3 is 2.46 bits per heavy atom. The molecule has 0 unspecified atom stereocenters. The van der Waals surface area contributed by atoms with Crippen molar-refractivity contribution in [2.45, 2.75) is 32.7 Å². The maximum atomic E-state index is 5.20. The molecule has 1 N–H and O–H groups in total. The average molecular weight is 186 g/mol. The van der Waals surface area contributed by atoms with Crippen molar-refractivity contribution in [3.05, 3.63) is 0 Å². The van der Waals surface area contributed by atoms with Crippen LogP contribution < -0.4 is 5.48 Å². The number of nitrogens with zero attached hydrogens (tertiary/aromatic N) is 1. The molecule has 3 nitrogen and oxygen atoms in total. The van der Waals surface area contributed by atoms with Crippen molar-refractivity contribution < 1.29 is 4.84 Å². The van der Waals surface area contributed by atoms with Crippen LogP contribution in [0.4, 0.5) is 0 Å². The molecule has 0 radical (unpaired) electrons. The Labute approximate surface area is 81.4 Å². The van der Waals surface area contributed by atoms with Gasteiger partial charge >= 0.3 is 0 Å². The molecule has 1 aliphatic heterocycles. The smallest absolute Gasteiger partial charge is 0.0711 e. The van der Waals surface area contributed by atoms with Crippen molar-refractivity contribution in [2.75, 3.05) is 26.7 Å². The second kappa shape index (κ2) is 5.58. The van der Waals surface area contributed by atoms with Crippen LogP contribution in [0.5, 0.6) is 0 Å². The van der Waals surface area contributed by atoms with E-state index in [1.54, 1.807) is 0 Å². The van der Waals surface area contributed by atoms with E-state index < -0.39 is 0 Å². The molecule has 3 heteroatoms. The van der Waals surface area contributed by atoms with Gasteiger partial charge in [-0.3, -0.25) is 0 Å². The van der Waals surface area contributed by atoms with Crippen molar-refractivity contribution in [1.29, 1.82) is 0 Å². The van der Waals surface area contributed by atoms with Crippen LogP contribution in [0.25, 0.3) is 0 Å². The number of piperidine rings is 1. The second-order valence-electron chi connectivity index (χ2n) is 4.09. The first-order valence-corrected chi connectivity index (χ1v) is 5.26. The van der Waals surface area contributed by atoms with E-state index in [1.807, 2.05) is 7.05 Å². The van der Waals surface area contributed by atoms with E-state index in [4.69, 9.17) is 4.84 Å². The standard InChI is InChI=1S/C10H22N2O/c1-9(2)12-6-4-10(5-7-12)8-13-11-3/h9-11H,4-8H2,1-3H3. The second-order valence-corrected chi connectivity index (χ2v) is 4.09. The topological polar surface area (TPSA) is 24.5 Å². The van der Waals surface area contributed by atoms with Crippen LogP contribution in [0, 0.1) is 5.92 Å².